The third-order valence-corrected chi connectivity index (χ3v) is 12.9. The molecule has 0 amide bonds. The molecule has 0 unspecified atom stereocenters. The molecular weight excluding hydrogens is 769 g/mol. The summed E-state index contributed by atoms with van der Waals surface area (Å²) >= 11 is 0. The molecule has 1 aliphatic rings. The summed E-state index contributed by atoms with van der Waals surface area (Å²) in [6.07, 6.45) is 3.76. The zero-order valence-corrected chi connectivity index (χ0v) is 40.7. The molecule has 63 heavy (non-hydrogen) atoms. The maximum absolute atomic E-state index is 7.28. The van der Waals surface area contributed by atoms with Gasteiger partial charge in [-0.3, -0.25) is 0 Å². The summed E-state index contributed by atoms with van der Waals surface area (Å²) in [7, 11) is 0. The van der Waals surface area contributed by atoms with Gasteiger partial charge in [0.15, 0.2) is 0 Å². The molecule has 4 N–H and O–H groups in total. The molecule has 0 aliphatic heterocycles. The predicted molar refractivity (Wildman–Crippen MR) is 268 cm³/mol. The van der Waals surface area contributed by atoms with Crippen LogP contribution in [-0.4, -0.2) is 0 Å². The summed E-state index contributed by atoms with van der Waals surface area (Å²) in [5.41, 5.74) is 26.9. The van der Waals surface area contributed by atoms with Gasteiger partial charge in [0.1, 0.15) is 23.0 Å². The third-order valence-electron chi connectivity index (χ3n) is 12.9. The average Bonchev–Trinajstić information content (AvgIpc) is 3.49. The van der Waals surface area contributed by atoms with Gasteiger partial charge < -0.3 is 20.9 Å². The lowest BCUT2D eigenvalue weighted by Gasteiger charge is -2.40. The van der Waals surface area contributed by atoms with E-state index < -0.39 is 5.41 Å². The molecule has 0 spiro atoms. The second-order valence-corrected chi connectivity index (χ2v) is 22.1. The van der Waals surface area contributed by atoms with Crippen LogP contribution in [0.3, 0.4) is 0 Å². The van der Waals surface area contributed by atoms with Crippen molar-refractivity contribution in [2.75, 3.05) is 11.5 Å². The van der Waals surface area contributed by atoms with E-state index in [1.54, 1.807) is 0 Å². The smallest absolute Gasteiger partial charge is 0.134 e. The molecule has 4 heteroatoms. The Balaban J connectivity index is 1.64. The van der Waals surface area contributed by atoms with E-state index in [1.165, 1.54) is 55.6 Å². The Morgan fingerprint density at radius 3 is 1.05 bits per heavy atom. The minimum Gasteiger partial charge on any atom is -0.456 e. The molecule has 0 radical (unpaired) electrons. The zero-order chi connectivity index (χ0) is 45.9. The van der Waals surface area contributed by atoms with Gasteiger partial charge in [-0.25, -0.2) is 0 Å². The molecule has 330 valence electrons. The lowest BCUT2D eigenvalue weighted by atomic mass is 9.63. The Kier molecular flexibility index (Phi) is 12.0. The standard InChI is InChI=1S/C59H72N2O2/c1-15-21-37-31-41(60)27-29-51(37)62-53-47(55(3,4)5)33-39(34-48(53)56(6,7)8)59(45-25-19-17-23-43(45)44-24-18-20-26-46(44)59)40-35-49(57(9,10)11)54(50(36-40)58(12,13)14)63-52-30-28-42(61)32-38(52)22-16-2/h17-20,23-36H,15-16,21-22,60-61H2,1-14H3. The van der Waals surface area contributed by atoms with Crippen molar-refractivity contribution >= 4 is 11.4 Å². The van der Waals surface area contributed by atoms with E-state index in [2.05, 4.69) is 194 Å². The summed E-state index contributed by atoms with van der Waals surface area (Å²) in [5, 5.41) is 0. The van der Waals surface area contributed by atoms with Crippen molar-refractivity contribution in [3.8, 4) is 34.1 Å². The Labute approximate surface area is 379 Å². The number of aryl methyl sites for hydroxylation is 2. The number of ether oxygens (including phenoxy) is 2. The lowest BCUT2D eigenvalue weighted by Crippen LogP contribution is -2.32. The molecule has 0 bridgehead atoms. The molecule has 6 aromatic carbocycles. The largest absolute Gasteiger partial charge is 0.456 e. The normalized spacial score (nSPS) is 13.7. The fourth-order valence-corrected chi connectivity index (χ4v) is 9.71. The zero-order valence-electron chi connectivity index (χ0n) is 40.7. The fourth-order valence-electron chi connectivity index (χ4n) is 9.71. The number of nitrogen functional groups attached to an aromatic ring is 2. The fraction of sp³-hybridized carbons (Fsp3) is 0.390. The van der Waals surface area contributed by atoms with Crippen LogP contribution < -0.4 is 20.9 Å². The van der Waals surface area contributed by atoms with Gasteiger partial charge in [-0.1, -0.05) is 158 Å². The van der Waals surface area contributed by atoms with Crippen molar-refractivity contribution < 1.29 is 9.47 Å². The predicted octanol–water partition coefficient (Wildman–Crippen LogP) is 15.9. The Morgan fingerprint density at radius 1 is 0.429 bits per heavy atom. The molecule has 6 aromatic rings. The average molecular weight is 841 g/mol. The highest BCUT2D eigenvalue weighted by Crippen LogP contribution is 2.59. The molecule has 4 nitrogen and oxygen atoms in total. The minimum absolute atomic E-state index is 0.275. The van der Waals surface area contributed by atoms with Crippen molar-refractivity contribution in [3.63, 3.8) is 0 Å². The van der Waals surface area contributed by atoms with Gasteiger partial charge in [-0.15, -0.1) is 0 Å². The first-order valence-electron chi connectivity index (χ1n) is 23.2. The number of fused-ring (bicyclic) bond motifs is 3. The van der Waals surface area contributed by atoms with Gasteiger partial charge in [-0.2, -0.15) is 0 Å². The van der Waals surface area contributed by atoms with Crippen molar-refractivity contribution in [3.05, 3.63) is 165 Å². The highest BCUT2D eigenvalue weighted by atomic mass is 16.5. The van der Waals surface area contributed by atoms with E-state index in [4.69, 9.17) is 20.9 Å². The van der Waals surface area contributed by atoms with Crippen LogP contribution in [0, 0.1) is 0 Å². The Bertz CT molecular complexity index is 2400. The van der Waals surface area contributed by atoms with Crippen LogP contribution in [0.5, 0.6) is 23.0 Å². The van der Waals surface area contributed by atoms with Crippen LogP contribution in [0.1, 0.15) is 165 Å². The molecule has 0 aromatic heterocycles. The van der Waals surface area contributed by atoms with E-state index >= 15 is 0 Å². The quantitative estimate of drug-likeness (QED) is 0.135. The first kappa shape index (κ1) is 45.5. The molecular formula is C59H72N2O2. The second kappa shape index (κ2) is 16.6. The van der Waals surface area contributed by atoms with Gasteiger partial charge in [0.05, 0.1) is 5.41 Å². The van der Waals surface area contributed by atoms with Crippen LogP contribution in [0.4, 0.5) is 11.4 Å². The first-order valence-corrected chi connectivity index (χ1v) is 23.2. The molecule has 0 saturated heterocycles. The van der Waals surface area contributed by atoms with Crippen molar-refractivity contribution in [2.24, 2.45) is 0 Å². The summed E-state index contributed by atoms with van der Waals surface area (Å²) in [6.45, 7) is 32.2. The summed E-state index contributed by atoms with van der Waals surface area (Å²) in [6, 6.07) is 40.2. The summed E-state index contributed by atoms with van der Waals surface area (Å²) in [4.78, 5) is 0. The van der Waals surface area contributed by atoms with Crippen LogP contribution in [-0.2, 0) is 39.9 Å². The van der Waals surface area contributed by atoms with E-state index in [9.17, 15) is 0 Å². The maximum atomic E-state index is 7.28. The lowest BCUT2D eigenvalue weighted by molar-refractivity contribution is 0.426. The summed E-state index contributed by atoms with van der Waals surface area (Å²) < 4.78 is 14.6. The number of rotatable bonds is 10. The van der Waals surface area contributed by atoms with Gasteiger partial charge in [0, 0.05) is 33.6 Å². The highest BCUT2D eigenvalue weighted by Gasteiger charge is 2.48. The van der Waals surface area contributed by atoms with Crippen LogP contribution in [0.15, 0.2) is 109 Å². The number of nitrogens with two attached hydrogens (primary N) is 2. The van der Waals surface area contributed by atoms with Crippen molar-refractivity contribution in [2.45, 2.75) is 150 Å². The van der Waals surface area contributed by atoms with E-state index in [0.717, 1.165) is 71.2 Å². The number of benzene rings is 6. The molecule has 0 atom stereocenters. The topological polar surface area (TPSA) is 70.5 Å². The second-order valence-electron chi connectivity index (χ2n) is 22.1. The van der Waals surface area contributed by atoms with E-state index in [-0.39, 0.29) is 21.7 Å². The monoisotopic (exact) mass is 841 g/mol. The van der Waals surface area contributed by atoms with Gasteiger partial charge >= 0.3 is 0 Å². The van der Waals surface area contributed by atoms with Gasteiger partial charge in [-0.05, 0) is 140 Å². The number of hydrogen-bond acceptors (Lipinski definition) is 4. The SMILES string of the molecule is CCCc1cc(N)ccc1Oc1c(C(C)(C)C)cc(C2(c3cc(C(C)(C)C)c(Oc4ccc(N)cc4CCC)c(C(C)(C)C)c3)c3ccccc3-c3ccccc32)cc1C(C)(C)C. The maximum Gasteiger partial charge on any atom is 0.134 e. The Morgan fingerprint density at radius 2 is 0.746 bits per heavy atom. The van der Waals surface area contributed by atoms with E-state index in [1.807, 2.05) is 12.1 Å². The van der Waals surface area contributed by atoms with Crippen LogP contribution >= 0.6 is 0 Å². The molecule has 0 fully saturated rings. The molecule has 1 aliphatic carbocycles. The van der Waals surface area contributed by atoms with Crippen molar-refractivity contribution in [1.82, 2.24) is 0 Å². The molecule has 0 heterocycles. The highest BCUT2D eigenvalue weighted by molar-refractivity contribution is 5.87. The summed E-state index contributed by atoms with van der Waals surface area (Å²) in [5.74, 6) is 3.59. The third kappa shape index (κ3) is 8.51. The number of hydrogen-bond donors (Lipinski definition) is 2. The molecule has 7 rings (SSSR count). The first-order chi connectivity index (χ1) is 29.5. The molecule has 0 saturated carbocycles. The van der Waals surface area contributed by atoms with Crippen LogP contribution in [0.25, 0.3) is 11.1 Å². The minimum atomic E-state index is -0.687. The Hall–Kier alpha value is -5.48. The van der Waals surface area contributed by atoms with Crippen molar-refractivity contribution in [1.29, 1.82) is 0 Å². The van der Waals surface area contributed by atoms with Gasteiger partial charge in [0.2, 0.25) is 0 Å². The van der Waals surface area contributed by atoms with Crippen LogP contribution in [0.2, 0.25) is 0 Å². The van der Waals surface area contributed by atoms with E-state index in [0.29, 0.717) is 0 Å². The van der Waals surface area contributed by atoms with Gasteiger partial charge in [0.25, 0.3) is 0 Å². The number of anilines is 2.